The summed E-state index contributed by atoms with van der Waals surface area (Å²) in [5.41, 5.74) is 0. The molecule has 2 fully saturated rings. The van der Waals surface area contributed by atoms with Gasteiger partial charge in [0.15, 0.2) is 0 Å². The Morgan fingerprint density at radius 1 is 1.18 bits per heavy atom. The first-order chi connectivity index (χ1) is 10.6. The Balaban J connectivity index is 1.47. The second kappa shape index (κ2) is 6.29. The van der Waals surface area contributed by atoms with Crippen LogP contribution in [-0.2, 0) is 20.9 Å². The van der Waals surface area contributed by atoms with E-state index < -0.39 is 0 Å². The Morgan fingerprint density at radius 3 is 2.45 bits per heavy atom. The molecule has 118 valence electrons. The summed E-state index contributed by atoms with van der Waals surface area (Å²) in [5.74, 6) is -0.0704. The summed E-state index contributed by atoms with van der Waals surface area (Å²) in [6, 6.07) is 1.91. The first kappa shape index (κ1) is 14.7. The number of imide groups is 1. The molecule has 7 heteroatoms. The summed E-state index contributed by atoms with van der Waals surface area (Å²) in [6.07, 6.45) is 6.03. The molecule has 0 N–H and O–H groups in total. The van der Waals surface area contributed by atoms with Gasteiger partial charge < -0.3 is 4.90 Å². The van der Waals surface area contributed by atoms with Gasteiger partial charge in [0.2, 0.25) is 17.7 Å². The summed E-state index contributed by atoms with van der Waals surface area (Å²) in [7, 11) is 0. The van der Waals surface area contributed by atoms with Gasteiger partial charge in [0.1, 0.15) is 6.54 Å². The van der Waals surface area contributed by atoms with Crippen LogP contribution in [0.5, 0.6) is 0 Å². The molecule has 3 amide bonds. The Bertz CT molecular complexity index is 545. The number of rotatable bonds is 4. The van der Waals surface area contributed by atoms with E-state index in [4.69, 9.17) is 0 Å². The van der Waals surface area contributed by atoms with Crippen LogP contribution in [0.4, 0.5) is 0 Å². The molecule has 1 aromatic rings. The Hall–Kier alpha value is -2.18. The molecule has 2 aliphatic heterocycles. The topological polar surface area (TPSA) is 75.5 Å². The standard InChI is InChI=1S/C15H20N4O3/c20-13-2-3-14(21)19(13)11-15(22)17-8-4-12(5-9-17)10-18-7-1-6-16-18/h1,6-7,12H,2-5,8-11H2. The largest absolute Gasteiger partial charge is 0.341 e. The van der Waals surface area contributed by atoms with E-state index in [1.165, 1.54) is 0 Å². The summed E-state index contributed by atoms with van der Waals surface area (Å²) in [6.45, 7) is 2.14. The summed E-state index contributed by atoms with van der Waals surface area (Å²) in [4.78, 5) is 38.2. The molecule has 0 aromatic carbocycles. The average molecular weight is 304 g/mol. The van der Waals surface area contributed by atoms with Crippen LogP contribution in [0.25, 0.3) is 0 Å². The van der Waals surface area contributed by atoms with Crippen LogP contribution in [0, 0.1) is 5.92 Å². The third-order valence-corrected chi connectivity index (χ3v) is 4.42. The number of piperidine rings is 1. The molecule has 0 aliphatic carbocycles. The lowest BCUT2D eigenvalue weighted by Crippen LogP contribution is -2.45. The van der Waals surface area contributed by atoms with E-state index in [-0.39, 0.29) is 37.1 Å². The van der Waals surface area contributed by atoms with Crippen LogP contribution in [0.1, 0.15) is 25.7 Å². The maximum absolute atomic E-state index is 12.2. The fourth-order valence-electron chi connectivity index (χ4n) is 3.07. The summed E-state index contributed by atoms with van der Waals surface area (Å²) < 4.78 is 1.92. The van der Waals surface area contributed by atoms with Crippen molar-refractivity contribution in [2.45, 2.75) is 32.2 Å². The third-order valence-electron chi connectivity index (χ3n) is 4.42. The van der Waals surface area contributed by atoms with Gasteiger partial charge in [-0.15, -0.1) is 0 Å². The SMILES string of the molecule is O=C(CN1C(=O)CCC1=O)N1CCC(Cn2cccn2)CC1. The number of hydrogen-bond donors (Lipinski definition) is 0. The smallest absolute Gasteiger partial charge is 0.242 e. The average Bonchev–Trinajstić information content (AvgIpc) is 3.13. The van der Waals surface area contributed by atoms with Crippen molar-refractivity contribution in [2.75, 3.05) is 19.6 Å². The van der Waals surface area contributed by atoms with E-state index in [1.54, 1.807) is 11.1 Å². The van der Waals surface area contributed by atoms with Gasteiger partial charge in [-0.1, -0.05) is 0 Å². The molecule has 0 atom stereocenters. The molecule has 0 spiro atoms. The highest BCUT2D eigenvalue weighted by atomic mass is 16.2. The van der Waals surface area contributed by atoms with Crippen LogP contribution in [-0.4, -0.2) is 56.9 Å². The number of aromatic nitrogens is 2. The minimum Gasteiger partial charge on any atom is -0.341 e. The van der Waals surface area contributed by atoms with Gasteiger partial charge in [-0.25, -0.2) is 0 Å². The van der Waals surface area contributed by atoms with Crippen molar-refractivity contribution in [3.05, 3.63) is 18.5 Å². The van der Waals surface area contributed by atoms with Crippen molar-refractivity contribution < 1.29 is 14.4 Å². The van der Waals surface area contributed by atoms with Gasteiger partial charge in [-0.2, -0.15) is 5.10 Å². The molecule has 1 aromatic heterocycles. The zero-order chi connectivity index (χ0) is 15.5. The Morgan fingerprint density at radius 2 is 1.86 bits per heavy atom. The Labute approximate surface area is 128 Å². The molecule has 0 saturated carbocycles. The summed E-state index contributed by atoms with van der Waals surface area (Å²) in [5, 5.41) is 4.20. The van der Waals surface area contributed by atoms with Gasteiger partial charge in [0, 0.05) is 44.9 Å². The quantitative estimate of drug-likeness (QED) is 0.748. The zero-order valence-electron chi connectivity index (χ0n) is 12.5. The van der Waals surface area contributed by atoms with E-state index in [9.17, 15) is 14.4 Å². The van der Waals surface area contributed by atoms with Crippen LogP contribution in [0.3, 0.4) is 0 Å². The van der Waals surface area contributed by atoms with E-state index >= 15 is 0 Å². The van der Waals surface area contributed by atoms with Crippen molar-refractivity contribution in [3.8, 4) is 0 Å². The number of nitrogens with zero attached hydrogens (tertiary/aromatic N) is 4. The van der Waals surface area contributed by atoms with Crippen LogP contribution < -0.4 is 0 Å². The molecule has 0 unspecified atom stereocenters. The predicted molar refractivity (Wildman–Crippen MR) is 77.5 cm³/mol. The molecular weight excluding hydrogens is 284 g/mol. The van der Waals surface area contributed by atoms with Crippen molar-refractivity contribution in [3.63, 3.8) is 0 Å². The lowest BCUT2D eigenvalue weighted by atomic mass is 9.97. The van der Waals surface area contributed by atoms with Crippen LogP contribution in [0.15, 0.2) is 18.5 Å². The molecule has 22 heavy (non-hydrogen) atoms. The maximum Gasteiger partial charge on any atom is 0.242 e. The fraction of sp³-hybridized carbons (Fsp3) is 0.600. The van der Waals surface area contributed by atoms with Gasteiger partial charge in [-0.3, -0.25) is 24.0 Å². The normalized spacial score (nSPS) is 20.0. The third kappa shape index (κ3) is 3.18. The number of carbonyl (C=O) groups excluding carboxylic acids is 3. The van der Waals surface area contributed by atoms with Crippen molar-refractivity contribution in [2.24, 2.45) is 5.92 Å². The monoisotopic (exact) mass is 304 g/mol. The van der Waals surface area contributed by atoms with Gasteiger partial charge in [-0.05, 0) is 24.8 Å². The molecule has 2 saturated heterocycles. The molecule has 2 aliphatic rings. The maximum atomic E-state index is 12.2. The van der Waals surface area contributed by atoms with Gasteiger partial charge in [0.25, 0.3) is 0 Å². The first-order valence-electron chi connectivity index (χ1n) is 7.72. The van der Waals surface area contributed by atoms with Gasteiger partial charge >= 0.3 is 0 Å². The second-order valence-electron chi connectivity index (χ2n) is 5.93. The molecule has 0 bridgehead atoms. The number of amides is 3. The van der Waals surface area contributed by atoms with Gasteiger partial charge in [0.05, 0.1) is 0 Å². The predicted octanol–water partition coefficient (Wildman–Crippen LogP) is 0.271. The minimum atomic E-state index is -0.230. The zero-order valence-corrected chi connectivity index (χ0v) is 12.5. The van der Waals surface area contributed by atoms with Crippen LogP contribution >= 0.6 is 0 Å². The molecule has 3 heterocycles. The number of likely N-dealkylation sites (tertiary alicyclic amines) is 2. The van der Waals surface area contributed by atoms with Crippen LogP contribution in [0.2, 0.25) is 0 Å². The lowest BCUT2D eigenvalue weighted by molar-refractivity contribution is -0.146. The molecular formula is C15H20N4O3. The van der Waals surface area contributed by atoms with E-state index in [1.807, 2.05) is 16.9 Å². The van der Waals surface area contributed by atoms with Crippen molar-refractivity contribution in [1.82, 2.24) is 19.6 Å². The molecule has 0 radical (unpaired) electrons. The van der Waals surface area contributed by atoms with E-state index in [0.29, 0.717) is 19.0 Å². The highest BCUT2D eigenvalue weighted by Gasteiger charge is 2.32. The van der Waals surface area contributed by atoms with Crippen molar-refractivity contribution in [1.29, 1.82) is 0 Å². The minimum absolute atomic E-state index is 0.0957. The number of carbonyl (C=O) groups is 3. The molecule has 3 rings (SSSR count). The lowest BCUT2D eigenvalue weighted by Gasteiger charge is -2.32. The Kier molecular flexibility index (Phi) is 4.22. The van der Waals surface area contributed by atoms with E-state index in [0.717, 1.165) is 24.3 Å². The fourth-order valence-corrected chi connectivity index (χ4v) is 3.07. The summed E-state index contributed by atoms with van der Waals surface area (Å²) >= 11 is 0. The molecule has 7 nitrogen and oxygen atoms in total. The number of hydrogen-bond acceptors (Lipinski definition) is 4. The second-order valence-corrected chi connectivity index (χ2v) is 5.93. The highest BCUT2D eigenvalue weighted by Crippen LogP contribution is 2.20. The van der Waals surface area contributed by atoms with Crippen molar-refractivity contribution >= 4 is 17.7 Å². The first-order valence-corrected chi connectivity index (χ1v) is 7.72. The van der Waals surface area contributed by atoms with E-state index in [2.05, 4.69) is 5.10 Å². The highest BCUT2D eigenvalue weighted by molar-refractivity contribution is 6.04.